The maximum Gasteiger partial charge on any atom is 0.146 e. The van der Waals surface area contributed by atoms with Crippen LogP contribution in [0.2, 0.25) is 0 Å². The zero-order valence-electron chi connectivity index (χ0n) is 4.52. The molecule has 0 aromatic carbocycles. The van der Waals surface area contributed by atoms with E-state index in [1.165, 1.54) is 0 Å². The van der Waals surface area contributed by atoms with Gasteiger partial charge >= 0.3 is 0 Å². The summed E-state index contributed by atoms with van der Waals surface area (Å²) in [5, 5.41) is 0. The van der Waals surface area contributed by atoms with Crippen LogP contribution in [0.25, 0.3) is 0 Å². The highest BCUT2D eigenvalue weighted by molar-refractivity contribution is 4.49. The Hall–Kier alpha value is -0.0800. The highest BCUT2D eigenvalue weighted by Crippen LogP contribution is 2.01. The molecule has 0 N–H and O–H groups in total. The van der Waals surface area contributed by atoms with Crippen molar-refractivity contribution in [1.82, 2.24) is 0 Å². The molecule has 0 saturated carbocycles. The molecule has 1 saturated heterocycles. The van der Waals surface area contributed by atoms with Gasteiger partial charge in [0.05, 0.1) is 13.2 Å². The van der Waals surface area contributed by atoms with Crippen LogP contribution in [-0.4, -0.2) is 20.0 Å². The summed E-state index contributed by atoms with van der Waals surface area (Å²) >= 11 is 0. The van der Waals surface area contributed by atoms with Crippen LogP contribution in [0.15, 0.2) is 0 Å². The van der Waals surface area contributed by atoms with Crippen LogP contribution in [0.4, 0.5) is 0 Å². The molecule has 0 radical (unpaired) electrons. The zero-order chi connectivity index (χ0) is 5.11. The first-order valence-electron chi connectivity index (χ1n) is 2.55. The number of hydrogen-bond donors (Lipinski definition) is 0. The largest absolute Gasteiger partial charge is 0.355 e. The van der Waals surface area contributed by atoms with Gasteiger partial charge in [0, 0.05) is 5.92 Å². The molecule has 1 rings (SSSR count). The highest BCUT2D eigenvalue weighted by atomic mass is 16.7. The molecule has 0 atom stereocenters. The van der Waals surface area contributed by atoms with Crippen molar-refractivity contribution >= 4 is 0 Å². The summed E-state index contributed by atoms with van der Waals surface area (Å²) in [6.07, 6.45) is 0. The van der Waals surface area contributed by atoms with Gasteiger partial charge in [-0.15, -0.1) is 0 Å². The Morgan fingerprint density at radius 1 is 1.29 bits per heavy atom. The molecule has 1 heterocycles. The van der Waals surface area contributed by atoms with Crippen molar-refractivity contribution in [2.75, 3.05) is 20.0 Å². The van der Waals surface area contributed by atoms with E-state index in [4.69, 9.17) is 9.47 Å². The average Bonchev–Trinajstić information content (AvgIpc) is 1.69. The molecule has 0 aliphatic carbocycles. The van der Waals surface area contributed by atoms with Crippen LogP contribution in [0.3, 0.4) is 0 Å². The molecule has 1 fully saturated rings. The minimum Gasteiger partial charge on any atom is -0.355 e. The Balaban J connectivity index is 2.12. The fraction of sp³-hybridized carbons (Fsp3) is 1.00. The lowest BCUT2D eigenvalue weighted by Gasteiger charge is -2.17. The Kier molecular flexibility index (Phi) is 1.65. The first-order valence-corrected chi connectivity index (χ1v) is 2.55. The molecule has 2 nitrogen and oxygen atoms in total. The fourth-order valence-corrected chi connectivity index (χ4v) is 0.606. The third-order valence-corrected chi connectivity index (χ3v) is 0.971. The van der Waals surface area contributed by atoms with E-state index in [1.54, 1.807) is 0 Å². The molecule has 1 aliphatic heterocycles. The lowest BCUT2D eigenvalue weighted by atomic mass is 10.2. The molecule has 0 aromatic rings. The summed E-state index contributed by atoms with van der Waals surface area (Å²) in [7, 11) is 0. The summed E-state index contributed by atoms with van der Waals surface area (Å²) in [5.41, 5.74) is 0. The first kappa shape index (κ1) is 5.06. The molecule has 2 heteroatoms. The first-order chi connectivity index (χ1) is 3.39. The van der Waals surface area contributed by atoms with Crippen molar-refractivity contribution in [1.29, 1.82) is 0 Å². The molecule has 1 aliphatic rings. The molecular weight excluding hydrogens is 92.1 g/mol. The monoisotopic (exact) mass is 102 g/mol. The van der Waals surface area contributed by atoms with E-state index < -0.39 is 0 Å². The summed E-state index contributed by atoms with van der Waals surface area (Å²) < 4.78 is 9.92. The topological polar surface area (TPSA) is 18.5 Å². The van der Waals surface area contributed by atoms with Crippen LogP contribution < -0.4 is 0 Å². The van der Waals surface area contributed by atoms with E-state index in [0.717, 1.165) is 13.2 Å². The van der Waals surface area contributed by atoms with Crippen LogP contribution in [-0.2, 0) is 9.47 Å². The summed E-state index contributed by atoms with van der Waals surface area (Å²) in [6.45, 7) is 4.32. The van der Waals surface area contributed by atoms with E-state index in [9.17, 15) is 0 Å². The number of hydrogen-bond acceptors (Lipinski definition) is 2. The Bertz CT molecular complexity index is 48.0. The predicted octanol–water partition coefficient (Wildman–Crippen LogP) is 0.627. The normalized spacial score (nSPS) is 25.3. The average molecular weight is 102 g/mol. The molecule has 0 bridgehead atoms. The van der Waals surface area contributed by atoms with Crippen molar-refractivity contribution in [3.05, 3.63) is 0 Å². The standard InChI is InChI=1S/C5H10O2/c1-5-2-6-4-7-3-5/h5H,2-4H2,1H3. The summed E-state index contributed by atoms with van der Waals surface area (Å²) in [4.78, 5) is 0. The second kappa shape index (κ2) is 2.28. The maximum atomic E-state index is 4.96. The third kappa shape index (κ3) is 1.45. The molecule has 42 valence electrons. The zero-order valence-corrected chi connectivity index (χ0v) is 4.52. The Labute approximate surface area is 43.4 Å². The van der Waals surface area contributed by atoms with Gasteiger partial charge < -0.3 is 9.47 Å². The molecule has 0 unspecified atom stereocenters. The van der Waals surface area contributed by atoms with Crippen LogP contribution >= 0.6 is 0 Å². The van der Waals surface area contributed by atoms with E-state index in [2.05, 4.69) is 6.92 Å². The summed E-state index contributed by atoms with van der Waals surface area (Å²) in [6, 6.07) is 0. The molecule has 7 heavy (non-hydrogen) atoms. The maximum absolute atomic E-state index is 4.96. The van der Waals surface area contributed by atoms with Gasteiger partial charge in [-0.1, -0.05) is 6.92 Å². The highest BCUT2D eigenvalue weighted by Gasteiger charge is 2.06. The van der Waals surface area contributed by atoms with Gasteiger partial charge in [-0.25, -0.2) is 0 Å². The SMILES string of the molecule is CC1COCOC1. The molecular formula is C5H10O2. The lowest BCUT2D eigenvalue weighted by molar-refractivity contribution is -0.121. The van der Waals surface area contributed by atoms with Crippen molar-refractivity contribution in [2.45, 2.75) is 6.92 Å². The molecule has 0 spiro atoms. The quantitative estimate of drug-likeness (QED) is 0.446. The second-order valence-corrected chi connectivity index (χ2v) is 1.96. The van der Waals surface area contributed by atoms with E-state index in [1.807, 2.05) is 0 Å². The van der Waals surface area contributed by atoms with E-state index in [0.29, 0.717) is 12.7 Å². The number of ether oxygens (including phenoxy) is 2. The minimum atomic E-state index is 0.490. The van der Waals surface area contributed by atoms with Gasteiger partial charge in [0.2, 0.25) is 0 Å². The predicted molar refractivity (Wildman–Crippen MR) is 25.9 cm³/mol. The van der Waals surface area contributed by atoms with Crippen LogP contribution in [0.5, 0.6) is 0 Å². The van der Waals surface area contributed by atoms with Gasteiger partial charge in [-0.2, -0.15) is 0 Å². The fourth-order valence-electron chi connectivity index (χ4n) is 0.606. The van der Waals surface area contributed by atoms with Crippen molar-refractivity contribution in [3.63, 3.8) is 0 Å². The Morgan fingerprint density at radius 2 is 1.86 bits per heavy atom. The molecule has 0 aromatic heterocycles. The van der Waals surface area contributed by atoms with Crippen LogP contribution in [0.1, 0.15) is 6.92 Å². The van der Waals surface area contributed by atoms with Gasteiger partial charge in [-0.05, 0) is 0 Å². The van der Waals surface area contributed by atoms with E-state index >= 15 is 0 Å². The van der Waals surface area contributed by atoms with Gasteiger partial charge in [0.15, 0.2) is 0 Å². The lowest BCUT2D eigenvalue weighted by Crippen LogP contribution is -2.20. The second-order valence-electron chi connectivity index (χ2n) is 1.96. The van der Waals surface area contributed by atoms with Gasteiger partial charge in [0.1, 0.15) is 6.79 Å². The smallest absolute Gasteiger partial charge is 0.146 e. The van der Waals surface area contributed by atoms with Crippen molar-refractivity contribution in [2.24, 2.45) is 5.92 Å². The number of rotatable bonds is 0. The van der Waals surface area contributed by atoms with Crippen molar-refractivity contribution in [3.8, 4) is 0 Å². The van der Waals surface area contributed by atoms with Gasteiger partial charge in [-0.3, -0.25) is 0 Å². The van der Waals surface area contributed by atoms with Crippen molar-refractivity contribution < 1.29 is 9.47 Å². The third-order valence-electron chi connectivity index (χ3n) is 0.971. The summed E-state index contributed by atoms with van der Waals surface area (Å²) in [5.74, 6) is 0.591. The van der Waals surface area contributed by atoms with Crippen LogP contribution in [0, 0.1) is 5.92 Å². The van der Waals surface area contributed by atoms with E-state index in [-0.39, 0.29) is 0 Å². The van der Waals surface area contributed by atoms with Gasteiger partial charge in [0.25, 0.3) is 0 Å². The molecule has 0 amide bonds. The minimum absolute atomic E-state index is 0.490. The Morgan fingerprint density at radius 3 is 2.14 bits per heavy atom.